The van der Waals surface area contributed by atoms with E-state index in [1.165, 1.54) is 11.8 Å². The summed E-state index contributed by atoms with van der Waals surface area (Å²) in [6.07, 6.45) is 0.856. The molecule has 0 aliphatic carbocycles. The summed E-state index contributed by atoms with van der Waals surface area (Å²) in [6.45, 7) is 2.37. The SMILES string of the molecule is CCOC(=O)CNC(=O)CN1C(=O)CSC1c1ccc2c(c1)CCO2. The zero-order valence-electron chi connectivity index (χ0n) is 13.9. The van der Waals surface area contributed by atoms with Crippen LogP contribution in [0, 0.1) is 0 Å². The van der Waals surface area contributed by atoms with E-state index in [0.717, 1.165) is 23.3 Å². The zero-order valence-corrected chi connectivity index (χ0v) is 14.8. The molecule has 1 atom stereocenters. The lowest BCUT2D eigenvalue weighted by Gasteiger charge is -2.24. The fourth-order valence-corrected chi connectivity index (χ4v) is 4.03. The summed E-state index contributed by atoms with van der Waals surface area (Å²) >= 11 is 1.50. The number of ether oxygens (including phenoxy) is 2. The average Bonchev–Trinajstić information content (AvgIpc) is 3.20. The number of carbonyl (C=O) groups is 3. The molecule has 8 heteroatoms. The van der Waals surface area contributed by atoms with Gasteiger partial charge in [0, 0.05) is 6.42 Å². The number of rotatable bonds is 6. The molecule has 1 fully saturated rings. The molecule has 1 aromatic rings. The third-order valence-corrected chi connectivity index (χ3v) is 5.27. The quantitative estimate of drug-likeness (QED) is 0.754. The van der Waals surface area contributed by atoms with Crippen LogP contribution in [0.25, 0.3) is 0 Å². The second kappa shape index (κ2) is 7.77. The first-order valence-electron chi connectivity index (χ1n) is 8.17. The molecule has 1 aromatic carbocycles. The number of esters is 1. The van der Waals surface area contributed by atoms with Gasteiger partial charge < -0.3 is 19.7 Å². The van der Waals surface area contributed by atoms with Gasteiger partial charge in [0.1, 0.15) is 24.2 Å². The van der Waals surface area contributed by atoms with Crippen molar-refractivity contribution in [2.24, 2.45) is 0 Å². The first-order valence-corrected chi connectivity index (χ1v) is 9.22. The van der Waals surface area contributed by atoms with Crippen molar-refractivity contribution in [3.63, 3.8) is 0 Å². The second-order valence-corrected chi connectivity index (χ2v) is 6.80. The Labute approximate surface area is 150 Å². The van der Waals surface area contributed by atoms with Crippen LogP contribution < -0.4 is 10.1 Å². The maximum Gasteiger partial charge on any atom is 0.325 e. The van der Waals surface area contributed by atoms with Gasteiger partial charge in [-0.2, -0.15) is 0 Å². The average molecular weight is 364 g/mol. The number of fused-ring (bicyclic) bond motifs is 1. The standard InChI is InChI=1S/C17H20N2O5S/c1-2-23-16(22)8-18-14(20)9-19-15(21)10-25-17(19)12-3-4-13-11(7-12)5-6-24-13/h3-4,7,17H,2,5-6,8-10H2,1H3,(H,18,20). The van der Waals surface area contributed by atoms with Gasteiger partial charge in [0.15, 0.2) is 0 Å². The van der Waals surface area contributed by atoms with Crippen LogP contribution >= 0.6 is 11.8 Å². The predicted molar refractivity (Wildman–Crippen MR) is 92.2 cm³/mol. The first-order chi connectivity index (χ1) is 12.1. The highest BCUT2D eigenvalue weighted by Gasteiger charge is 2.34. The summed E-state index contributed by atoms with van der Waals surface area (Å²) in [7, 11) is 0. The topological polar surface area (TPSA) is 84.9 Å². The van der Waals surface area contributed by atoms with Crippen LogP contribution in [0.3, 0.4) is 0 Å². The van der Waals surface area contributed by atoms with Gasteiger partial charge in [0.05, 0.1) is 19.0 Å². The Morgan fingerprint density at radius 3 is 3.08 bits per heavy atom. The van der Waals surface area contributed by atoms with Crippen molar-refractivity contribution < 1.29 is 23.9 Å². The Morgan fingerprint density at radius 2 is 2.28 bits per heavy atom. The van der Waals surface area contributed by atoms with Gasteiger partial charge in [-0.25, -0.2) is 0 Å². The fourth-order valence-electron chi connectivity index (χ4n) is 2.85. The van der Waals surface area contributed by atoms with Crippen LogP contribution in [0.15, 0.2) is 18.2 Å². The lowest BCUT2D eigenvalue weighted by atomic mass is 10.1. The number of amides is 2. The Balaban J connectivity index is 1.64. The van der Waals surface area contributed by atoms with Gasteiger partial charge in [-0.15, -0.1) is 11.8 Å². The maximum absolute atomic E-state index is 12.2. The van der Waals surface area contributed by atoms with Gasteiger partial charge in [-0.1, -0.05) is 6.07 Å². The van der Waals surface area contributed by atoms with E-state index in [4.69, 9.17) is 9.47 Å². The van der Waals surface area contributed by atoms with E-state index in [9.17, 15) is 14.4 Å². The summed E-state index contributed by atoms with van der Waals surface area (Å²) in [5.74, 6) is 0.269. The van der Waals surface area contributed by atoms with Gasteiger partial charge in [-0.05, 0) is 30.2 Å². The smallest absolute Gasteiger partial charge is 0.325 e. The van der Waals surface area contributed by atoms with Crippen molar-refractivity contribution in [1.29, 1.82) is 0 Å². The van der Waals surface area contributed by atoms with Gasteiger partial charge >= 0.3 is 5.97 Å². The Morgan fingerprint density at radius 1 is 1.44 bits per heavy atom. The van der Waals surface area contributed by atoms with Crippen molar-refractivity contribution >= 4 is 29.5 Å². The lowest BCUT2D eigenvalue weighted by Crippen LogP contribution is -2.41. The fraction of sp³-hybridized carbons (Fsp3) is 0.471. The molecule has 134 valence electrons. The van der Waals surface area contributed by atoms with Gasteiger partial charge in [0.2, 0.25) is 11.8 Å². The Hall–Kier alpha value is -2.22. The highest BCUT2D eigenvalue weighted by molar-refractivity contribution is 8.00. The molecule has 0 radical (unpaired) electrons. The molecule has 1 saturated heterocycles. The molecule has 0 saturated carbocycles. The molecular formula is C17H20N2O5S. The first kappa shape index (κ1) is 17.6. The van der Waals surface area contributed by atoms with Crippen LogP contribution in [0.1, 0.15) is 23.4 Å². The number of hydrogen-bond donors (Lipinski definition) is 1. The molecular weight excluding hydrogens is 344 g/mol. The lowest BCUT2D eigenvalue weighted by molar-refractivity contribution is -0.143. The normalized spacial score (nSPS) is 18.7. The number of benzene rings is 1. The molecule has 1 N–H and O–H groups in total. The van der Waals surface area contributed by atoms with E-state index >= 15 is 0 Å². The third-order valence-electron chi connectivity index (χ3n) is 4.02. The highest BCUT2D eigenvalue weighted by atomic mass is 32.2. The van der Waals surface area contributed by atoms with Gasteiger partial charge in [-0.3, -0.25) is 14.4 Å². The molecule has 2 aliphatic rings. The zero-order chi connectivity index (χ0) is 17.8. The van der Waals surface area contributed by atoms with Crippen molar-refractivity contribution in [2.75, 3.05) is 32.1 Å². The van der Waals surface area contributed by atoms with E-state index in [2.05, 4.69) is 5.32 Å². The number of nitrogens with zero attached hydrogens (tertiary/aromatic N) is 1. The minimum atomic E-state index is -0.492. The minimum absolute atomic E-state index is 0.0799. The molecule has 2 heterocycles. The summed E-state index contributed by atoms with van der Waals surface area (Å²) in [5.41, 5.74) is 2.11. The third kappa shape index (κ3) is 4.07. The van der Waals surface area contributed by atoms with Crippen LogP contribution in [-0.2, 0) is 25.5 Å². The Bertz CT molecular complexity index is 694. The summed E-state index contributed by atoms with van der Waals surface area (Å²) in [6, 6.07) is 5.89. The van der Waals surface area contributed by atoms with Gasteiger partial charge in [0.25, 0.3) is 0 Å². The Kier molecular flexibility index (Phi) is 5.47. The molecule has 7 nitrogen and oxygen atoms in total. The molecule has 2 amide bonds. The number of carbonyl (C=O) groups excluding carboxylic acids is 3. The van der Waals surface area contributed by atoms with E-state index in [1.54, 1.807) is 11.8 Å². The van der Waals surface area contributed by atoms with E-state index in [0.29, 0.717) is 12.4 Å². The van der Waals surface area contributed by atoms with Crippen molar-refractivity contribution in [3.05, 3.63) is 29.3 Å². The van der Waals surface area contributed by atoms with Crippen LogP contribution in [0.4, 0.5) is 0 Å². The molecule has 0 aromatic heterocycles. The summed E-state index contributed by atoms with van der Waals surface area (Å²) < 4.78 is 10.3. The maximum atomic E-state index is 12.2. The van der Waals surface area contributed by atoms with Crippen LogP contribution in [0.2, 0.25) is 0 Å². The number of hydrogen-bond acceptors (Lipinski definition) is 6. The van der Waals surface area contributed by atoms with Crippen LogP contribution in [0.5, 0.6) is 5.75 Å². The van der Waals surface area contributed by atoms with Crippen LogP contribution in [-0.4, -0.2) is 54.7 Å². The highest BCUT2D eigenvalue weighted by Crippen LogP contribution is 2.40. The van der Waals surface area contributed by atoms with Crippen molar-refractivity contribution in [2.45, 2.75) is 18.7 Å². The molecule has 0 spiro atoms. The predicted octanol–water partition coefficient (Wildman–Crippen LogP) is 0.875. The number of thioether (sulfide) groups is 1. The minimum Gasteiger partial charge on any atom is -0.493 e. The van der Waals surface area contributed by atoms with E-state index in [-0.39, 0.29) is 36.9 Å². The summed E-state index contributed by atoms with van der Waals surface area (Å²) in [5, 5.41) is 2.29. The summed E-state index contributed by atoms with van der Waals surface area (Å²) in [4.78, 5) is 37.1. The monoisotopic (exact) mass is 364 g/mol. The second-order valence-electron chi connectivity index (χ2n) is 5.73. The van der Waals surface area contributed by atoms with Crippen molar-refractivity contribution in [3.8, 4) is 5.75 Å². The molecule has 2 aliphatic heterocycles. The number of nitrogens with one attached hydrogen (secondary N) is 1. The molecule has 1 unspecified atom stereocenters. The largest absolute Gasteiger partial charge is 0.493 e. The molecule has 3 rings (SSSR count). The molecule has 0 bridgehead atoms. The van der Waals surface area contributed by atoms with E-state index < -0.39 is 5.97 Å². The van der Waals surface area contributed by atoms with E-state index in [1.807, 2.05) is 18.2 Å². The van der Waals surface area contributed by atoms with Crippen molar-refractivity contribution in [1.82, 2.24) is 10.2 Å². The molecule has 25 heavy (non-hydrogen) atoms.